The number of amides is 1. The summed E-state index contributed by atoms with van der Waals surface area (Å²) in [7, 11) is 0. The van der Waals surface area contributed by atoms with E-state index < -0.39 is 0 Å². The van der Waals surface area contributed by atoms with Gasteiger partial charge in [0, 0.05) is 21.4 Å². The Morgan fingerprint density at radius 3 is 2.67 bits per heavy atom. The van der Waals surface area contributed by atoms with Crippen LogP contribution in [0.2, 0.25) is 5.02 Å². The van der Waals surface area contributed by atoms with Gasteiger partial charge in [-0.15, -0.1) is 0 Å². The molecule has 0 aliphatic carbocycles. The number of rotatable bonds is 2. The molecule has 2 rings (SSSR count). The Balaban J connectivity index is 2.18. The van der Waals surface area contributed by atoms with Crippen LogP contribution in [0.4, 0.5) is 11.4 Å². The summed E-state index contributed by atoms with van der Waals surface area (Å²) in [5, 5.41) is 3.30. The summed E-state index contributed by atoms with van der Waals surface area (Å²) in [5.41, 5.74) is 7.32. The summed E-state index contributed by atoms with van der Waals surface area (Å²) in [6, 6.07) is 12.0. The number of hydrogen-bond donors (Lipinski definition) is 2. The molecule has 0 fully saturated rings. The maximum atomic E-state index is 11.9. The zero-order valence-corrected chi connectivity index (χ0v) is 11.6. The maximum Gasteiger partial charge on any atom is 0.255 e. The Morgan fingerprint density at radius 1 is 1.22 bits per heavy atom. The highest BCUT2D eigenvalue weighted by molar-refractivity contribution is 9.10. The number of carbonyl (C=O) groups excluding carboxylic acids is 1. The molecule has 5 heteroatoms. The number of nitrogens with one attached hydrogen (secondary N) is 1. The molecule has 0 unspecified atom stereocenters. The van der Waals surface area contributed by atoms with Crippen molar-refractivity contribution in [3.63, 3.8) is 0 Å². The van der Waals surface area contributed by atoms with Crippen molar-refractivity contribution in [2.45, 2.75) is 0 Å². The van der Waals surface area contributed by atoms with Crippen molar-refractivity contribution in [2.24, 2.45) is 0 Å². The van der Waals surface area contributed by atoms with E-state index in [0.29, 0.717) is 22.0 Å². The third-order valence-electron chi connectivity index (χ3n) is 2.33. The van der Waals surface area contributed by atoms with Gasteiger partial charge in [-0.25, -0.2) is 0 Å². The highest BCUT2D eigenvalue weighted by Gasteiger charge is 2.07. The number of halogens is 2. The summed E-state index contributed by atoms with van der Waals surface area (Å²) >= 11 is 9.24. The maximum absolute atomic E-state index is 11.9. The summed E-state index contributed by atoms with van der Waals surface area (Å²) in [6.07, 6.45) is 0. The molecule has 0 saturated heterocycles. The highest BCUT2D eigenvalue weighted by Crippen LogP contribution is 2.25. The minimum atomic E-state index is -0.222. The average Bonchev–Trinajstić information content (AvgIpc) is 2.34. The van der Waals surface area contributed by atoms with Gasteiger partial charge >= 0.3 is 0 Å². The quantitative estimate of drug-likeness (QED) is 0.822. The zero-order chi connectivity index (χ0) is 13.1. The number of nitrogen functional groups attached to an aromatic ring is 1. The van der Waals surface area contributed by atoms with Crippen molar-refractivity contribution >= 4 is 44.8 Å². The van der Waals surface area contributed by atoms with Crippen molar-refractivity contribution in [3.8, 4) is 0 Å². The number of carbonyl (C=O) groups is 1. The van der Waals surface area contributed by atoms with Crippen molar-refractivity contribution in [3.05, 3.63) is 57.5 Å². The monoisotopic (exact) mass is 324 g/mol. The fraction of sp³-hybridized carbons (Fsp3) is 0. The number of anilines is 2. The molecule has 1 amide bonds. The van der Waals surface area contributed by atoms with Crippen LogP contribution in [-0.4, -0.2) is 5.91 Å². The lowest BCUT2D eigenvalue weighted by atomic mass is 10.2. The molecule has 0 aliphatic rings. The van der Waals surface area contributed by atoms with Gasteiger partial charge in [-0.05, 0) is 52.3 Å². The molecule has 0 atom stereocenters. The molecule has 3 N–H and O–H groups in total. The lowest BCUT2D eigenvalue weighted by Gasteiger charge is -2.07. The first kappa shape index (κ1) is 12.9. The van der Waals surface area contributed by atoms with E-state index in [-0.39, 0.29) is 5.91 Å². The lowest BCUT2D eigenvalue weighted by Crippen LogP contribution is -2.12. The molecule has 0 aromatic heterocycles. The van der Waals surface area contributed by atoms with Crippen LogP contribution in [0.1, 0.15) is 10.4 Å². The molecule has 3 nitrogen and oxygen atoms in total. The second-order valence-electron chi connectivity index (χ2n) is 3.71. The second-order valence-corrected chi connectivity index (χ2v) is 4.97. The molecule has 0 bridgehead atoms. The number of hydrogen-bond acceptors (Lipinski definition) is 2. The van der Waals surface area contributed by atoms with Crippen LogP contribution in [0.3, 0.4) is 0 Å². The van der Waals surface area contributed by atoms with Gasteiger partial charge in [-0.3, -0.25) is 4.79 Å². The largest absolute Gasteiger partial charge is 0.399 e. The van der Waals surface area contributed by atoms with Crippen LogP contribution in [0.15, 0.2) is 46.9 Å². The molecule has 2 aromatic rings. The summed E-state index contributed by atoms with van der Waals surface area (Å²) in [4.78, 5) is 11.9. The predicted molar refractivity (Wildman–Crippen MR) is 78.0 cm³/mol. The fourth-order valence-corrected chi connectivity index (χ4v) is 1.88. The Bertz CT molecular complexity index is 601. The normalized spacial score (nSPS) is 10.1. The smallest absolute Gasteiger partial charge is 0.255 e. The van der Waals surface area contributed by atoms with E-state index in [1.165, 1.54) is 0 Å². The molecule has 2 aromatic carbocycles. The molecular weight excluding hydrogens is 316 g/mol. The van der Waals surface area contributed by atoms with Crippen molar-refractivity contribution < 1.29 is 4.79 Å². The zero-order valence-electron chi connectivity index (χ0n) is 9.28. The molecular formula is C13H10BrClN2O. The highest BCUT2D eigenvalue weighted by atomic mass is 79.9. The number of benzene rings is 2. The van der Waals surface area contributed by atoms with Crippen LogP contribution < -0.4 is 11.1 Å². The minimum Gasteiger partial charge on any atom is -0.399 e. The van der Waals surface area contributed by atoms with Gasteiger partial charge in [0.15, 0.2) is 0 Å². The van der Waals surface area contributed by atoms with Crippen molar-refractivity contribution in [1.29, 1.82) is 0 Å². The van der Waals surface area contributed by atoms with Crippen LogP contribution >= 0.6 is 27.5 Å². The molecule has 0 heterocycles. The fourth-order valence-electron chi connectivity index (χ4n) is 1.46. The van der Waals surface area contributed by atoms with Gasteiger partial charge in [0.2, 0.25) is 0 Å². The van der Waals surface area contributed by atoms with Gasteiger partial charge in [0.05, 0.1) is 5.02 Å². The standard InChI is InChI=1S/C13H10BrClN2O/c14-11-5-4-10(7-12(11)15)17-13(18)8-2-1-3-9(16)6-8/h1-7H,16H2,(H,17,18). The molecule has 0 saturated carbocycles. The van der Waals surface area contributed by atoms with E-state index in [9.17, 15) is 4.79 Å². The Morgan fingerprint density at radius 2 is 2.00 bits per heavy atom. The number of nitrogens with two attached hydrogens (primary N) is 1. The van der Waals surface area contributed by atoms with E-state index in [1.807, 2.05) is 0 Å². The Labute approximate surface area is 118 Å². The SMILES string of the molecule is Nc1cccc(C(=O)Nc2ccc(Br)c(Cl)c2)c1. The lowest BCUT2D eigenvalue weighted by molar-refractivity contribution is 0.102. The first-order chi connectivity index (χ1) is 8.56. The summed E-state index contributed by atoms with van der Waals surface area (Å²) < 4.78 is 0.783. The molecule has 0 radical (unpaired) electrons. The first-order valence-corrected chi connectivity index (χ1v) is 6.35. The van der Waals surface area contributed by atoms with Crippen LogP contribution in [0.5, 0.6) is 0 Å². The van der Waals surface area contributed by atoms with Crippen LogP contribution in [-0.2, 0) is 0 Å². The Hall–Kier alpha value is -1.52. The van der Waals surface area contributed by atoms with E-state index >= 15 is 0 Å². The van der Waals surface area contributed by atoms with Gasteiger partial charge in [-0.1, -0.05) is 17.7 Å². The topological polar surface area (TPSA) is 55.1 Å². The van der Waals surface area contributed by atoms with E-state index in [0.717, 1.165) is 4.47 Å². The summed E-state index contributed by atoms with van der Waals surface area (Å²) in [6.45, 7) is 0. The van der Waals surface area contributed by atoms with E-state index in [4.69, 9.17) is 17.3 Å². The Kier molecular flexibility index (Phi) is 3.89. The third kappa shape index (κ3) is 3.03. The molecule has 92 valence electrons. The molecule has 0 spiro atoms. The van der Waals surface area contributed by atoms with Crippen molar-refractivity contribution in [2.75, 3.05) is 11.1 Å². The first-order valence-electron chi connectivity index (χ1n) is 5.18. The minimum absolute atomic E-state index is 0.222. The van der Waals surface area contributed by atoms with Crippen LogP contribution in [0.25, 0.3) is 0 Å². The van der Waals surface area contributed by atoms with Gasteiger partial charge in [0.25, 0.3) is 5.91 Å². The third-order valence-corrected chi connectivity index (χ3v) is 3.56. The van der Waals surface area contributed by atoms with Crippen molar-refractivity contribution in [1.82, 2.24) is 0 Å². The molecule has 0 aliphatic heterocycles. The van der Waals surface area contributed by atoms with Gasteiger partial charge in [0.1, 0.15) is 0 Å². The van der Waals surface area contributed by atoms with E-state index in [1.54, 1.807) is 42.5 Å². The summed E-state index contributed by atoms with van der Waals surface area (Å²) in [5.74, 6) is -0.222. The average molecular weight is 326 g/mol. The van der Waals surface area contributed by atoms with Gasteiger partial charge in [-0.2, -0.15) is 0 Å². The van der Waals surface area contributed by atoms with E-state index in [2.05, 4.69) is 21.2 Å². The predicted octanol–water partition coefficient (Wildman–Crippen LogP) is 3.94. The second kappa shape index (κ2) is 5.42. The molecule has 18 heavy (non-hydrogen) atoms. The van der Waals surface area contributed by atoms with Crippen LogP contribution in [0, 0.1) is 0 Å². The van der Waals surface area contributed by atoms with Gasteiger partial charge < -0.3 is 11.1 Å².